The van der Waals surface area contributed by atoms with Gasteiger partial charge in [0.2, 0.25) is 0 Å². The molecule has 0 radical (unpaired) electrons. The quantitative estimate of drug-likeness (QED) is 0.155. The molecule has 4 rings (SSSR count). The fraction of sp³-hybridized carbons (Fsp3) is 0.259. The molecule has 0 aromatic heterocycles. The van der Waals surface area contributed by atoms with Crippen molar-refractivity contribution in [2.75, 3.05) is 13.2 Å². The Kier molecular flexibility index (Phi) is 8.57. The van der Waals surface area contributed by atoms with E-state index in [2.05, 4.69) is 21.6 Å². The number of nitrogens with two attached hydrogens (primary N) is 1. The first-order valence-electron chi connectivity index (χ1n) is 12.2. The summed E-state index contributed by atoms with van der Waals surface area (Å²) in [7, 11) is -4.72. The Bertz CT molecular complexity index is 1450. The zero-order valence-electron chi connectivity index (χ0n) is 20.8. The van der Waals surface area contributed by atoms with Gasteiger partial charge in [0.1, 0.15) is 12.6 Å². The van der Waals surface area contributed by atoms with E-state index in [4.69, 9.17) is 10.5 Å². The number of nitro benzene ring substituents is 1. The summed E-state index contributed by atoms with van der Waals surface area (Å²) in [4.78, 5) is 33.9. The van der Waals surface area contributed by atoms with E-state index in [0.717, 1.165) is 34.4 Å². The van der Waals surface area contributed by atoms with Crippen molar-refractivity contribution < 1.29 is 31.9 Å². The van der Waals surface area contributed by atoms with Gasteiger partial charge >= 0.3 is 22.2 Å². The maximum absolute atomic E-state index is 12.4. The molecule has 1 amide bonds. The number of nitrogens with zero attached hydrogens (tertiary/aromatic N) is 1. The number of hydrogen-bond acceptors (Lipinski definition) is 9. The molecule has 0 saturated heterocycles. The van der Waals surface area contributed by atoms with Gasteiger partial charge in [-0.15, -0.1) is 0 Å². The molecule has 1 aliphatic carbocycles. The van der Waals surface area contributed by atoms with Gasteiger partial charge in [0, 0.05) is 18.5 Å². The number of amides is 1. The van der Waals surface area contributed by atoms with Crippen LogP contribution in [0.3, 0.4) is 0 Å². The van der Waals surface area contributed by atoms with Crippen LogP contribution in [0.1, 0.15) is 36.3 Å². The summed E-state index contributed by atoms with van der Waals surface area (Å²) in [6.07, 6.45) is 0.335. The average molecular weight is 554 g/mol. The molecule has 1 aliphatic rings. The van der Waals surface area contributed by atoms with Gasteiger partial charge < -0.3 is 20.0 Å². The number of unbranched alkanes of at least 4 members (excludes halogenated alkanes) is 1. The Hall–Kier alpha value is -4.29. The molecule has 1 atom stereocenters. The van der Waals surface area contributed by atoms with Crippen LogP contribution in [-0.4, -0.2) is 44.6 Å². The van der Waals surface area contributed by atoms with Crippen molar-refractivity contribution >= 4 is 27.9 Å². The van der Waals surface area contributed by atoms with Gasteiger partial charge in [-0.3, -0.25) is 10.1 Å². The maximum atomic E-state index is 12.4. The SMILES string of the molecule is N[C@@H](CCCCNC(=O)OCC1c2ccccc2-c2ccccc21)C(=O)OS(=O)(=O)c1ccccc1[N+](=O)[O-]. The molecule has 3 N–H and O–H groups in total. The highest BCUT2D eigenvalue weighted by atomic mass is 32.2. The number of carbonyl (C=O) groups excluding carboxylic acids is 2. The largest absolute Gasteiger partial charge is 0.449 e. The van der Waals surface area contributed by atoms with Crippen LogP contribution in [0.25, 0.3) is 11.1 Å². The number of nitro groups is 1. The summed E-state index contributed by atoms with van der Waals surface area (Å²) in [6, 6.07) is 19.3. The molecule has 0 spiro atoms. The highest BCUT2D eigenvalue weighted by Crippen LogP contribution is 2.44. The van der Waals surface area contributed by atoms with Gasteiger partial charge in [0.25, 0.3) is 5.69 Å². The summed E-state index contributed by atoms with van der Waals surface area (Å²) in [5, 5.41) is 13.7. The predicted molar refractivity (Wildman–Crippen MR) is 141 cm³/mol. The lowest BCUT2D eigenvalue weighted by atomic mass is 9.98. The minimum absolute atomic E-state index is 0.0549. The number of para-hydroxylation sites is 1. The van der Waals surface area contributed by atoms with Crippen molar-refractivity contribution in [1.29, 1.82) is 0 Å². The Morgan fingerprint density at radius 2 is 1.54 bits per heavy atom. The number of carbonyl (C=O) groups is 2. The number of rotatable bonds is 11. The fourth-order valence-corrected chi connectivity index (χ4v) is 5.55. The monoisotopic (exact) mass is 553 g/mol. The van der Waals surface area contributed by atoms with Crippen LogP contribution in [-0.2, 0) is 23.8 Å². The van der Waals surface area contributed by atoms with E-state index in [1.807, 2.05) is 36.4 Å². The highest BCUT2D eigenvalue weighted by Gasteiger charge is 2.31. The Labute approximate surface area is 225 Å². The second-order valence-corrected chi connectivity index (χ2v) is 10.5. The number of benzene rings is 3. The average Bonchev–Trinajstić information content (AvgIpc) is 3.25. The predicted octanol–water partition coefficient (Wildman–Crippen LogP) is 3.86. The Morgan fingerprint density at radius 1 is 0.949 bits per heavy atom. The lowest BCUT2D eigenvalue weighted by Gasteiger charge is -2.15. The third kappa shape index (κ3) is 6.41. The van der Waals surface area contributed by atoms with Gasteiger partial charge in [0.05, 0.1) is 4.92 Å². The smallest absolute Gasteiger partial charge is 0.407 e. The Balaban J connectivity index is 1.19. The molecule has 11 nitrogen and oxygen atoms in total. The van der Waals surface area contributed by atoms with Crippen LogP contribution in [0.15, 0.2) is 77.7 Å². The molecule has 39 heavy (non-hydrogen) atoms. The van der Waals surface area contributed by atoms with E-state index in [-0.39, 0.29) is 25.5 Å². The minimum atomic E-state index is -4.72. The number of nitrogens with one attached hydrogen (secondary N) is 1. The first kappa shape index (κ1) is 27.7. The van der Waals surface area contributed by atoms with Gasteiger partial charge in [-0.25, -0.2) is 9.59 Å². The van der Waals surface area contributed by atoms with Gasteiger partial charge in [-0.1, -0.05) is 60.7 Å². The number of hydrogen-bond donors (Lipinski definition) is 2. The first-order chi connectivity index (χ1) is 18.7. The second kappa shape index (κ2) is 12.0. The van der Waals surface area contributed by atoms with E-state index >= 15 is 0 Å². The van der Waals surface area contributed by atoms with Crippen molar-refractivity contribution in [2.45, 2.75) is 36.1 Å². The molecule has 3 aromatic rings. The molecule has 3 aromatic carbocycles. The highest BCUT2D eigenvalue weighted by molar-refractivity contribution is 7.87. The molecule has 0 saturated carbocycles. The van der Waals surface area contributed by atoms with Crippen LogP contribution >= 0.6 is 0 Å². The van der Waals surface area contributed by atoms with Crippen LogP contribution in [0, 0.1) is 10.1 Å². The minimum Gasteiger partial charge on any atom is -0.449 e. The van der Waals surface area contributed by atoms with Crippen LogP contribution < -0.4 is 11.1 Å². The van der Waals surface area contributed by atoms with E-state index in [9.17, 15) is 28.1 Å². The standard InChI is InChI=1S/C27H27N3O8S/c28-23(26(31)38-39(35,36)25-15-6-5-14-24(25)30(33)34)13-7-8-16-29-27(32)37-17-22-20-11-3-1-9-18(20)19-10-2-4-12-21(19)22/h1-6,9-12,14-15,22-23H,7-8,13,16-17,28H2,(H,29,32)/t23-/m0/s1. The van der Waals surface area contributed by atoms with Crippen LogP contribution in [0.4, 0.5) is 10.5 Å². The number of fused-ring (bicyclic) bond motifs is 3. The molecular formula is C27H27N3O8S. The fourth-order valence-electron chi connectivity index (χ4n) is 4.48. The zero-order chi connectivity index (χ0) is 28.0. The normalized spacial score (nSPS) is 13.2. The third-order valence-electron chi connectivity index (χ3n) is 6.38. The molecule has 0 unspecified atom stereocenters. The van der Waals surface area contributed by atoms with Crippen molar-refractivity contribution in [3.63, 3.8) is 0 Å². The van der Waals surface area contributed by atoms with E-state index < -0.39 is 43.7 Å². The number of ether oxygens (including phenoxy) is 1. The van der Waals surface area contributed by atoms with Gasteiger partial charge in [-0.05, 0) is 47.6 Å². The Morgan fingerprint density at radius 3 is 2.18 bits per heavy atom. The van der Waals surface area contributed by atoms with E-state index in [1.54, 1.807) is 0 Å². The molecule has 204 valence electrons. The summed E-state index contributed by atoms with van der Waals surface area (Å²) in [6.45, 7) is 0.442. The van der Waals surface area contributed by atoms with Gasteiger partial charge in [0.15, 0.2) is 4.90 Å². The molecule has 0 bridgehead atoms. The van der Waals surface area contributed by atoms with Crippen molar-refractivity contribution in [3.05, 3.63) is 94.0 Å². The summed E-state index contributed by atoms with van der Waals surface area (Å²) < 4.78 is 34.7. The summed E-state index contributed by atoms with van der Waals surface area (Å²) in [5.41, 5.74) is 9.52. The molecule has 0 fully saturated rings. The first-order valence-corrected chi connectivity index (χ1v) is 13.7. The molecule has 12 heteroatoms. The van der Waals surface area contributed by atoms with Crippen molar-refractivity contribution in [1.82, 2.24) is 5.32 Å². The summed E-state index contributed by atoms with van der Waals surface area (Å²) >= 11 is 0. The number of alkyl carbamates (subject to hydrolysis) is 1. The molecule has 0 heterocycles. The maximum Gasteiger partial charge on any atom is 0.407 e. The van der Waals surface area contributed by atoms with Crippen molar-refractivity contribution in [3.8, 4) is 11.1 Å². The van der Waals surface area contributed by atoms with Gasteiger partial charge in [-0.2, -0.15) is 8.42 Å². The zero-order valence-corrected chi connectivity index (χ0v) is 21.6. The topological polar surface area (TPSA) is 168 Å². The van der Waals surface area contributed by atoms with Crippen LogP contribution in [0.5, 0.6) is 0 Å². The molecule has 0 aliphatic heterocycles. The van der Waals surface area contributed by atoms with E-state index in [1.165, 1.54) is 12.1 Å². The second-order valence-electron chi connectivity index (χ2n) is 8.94. The van der Waals surface area contributed by atoms with Crippen LogP contribution in [0.2, 0.25) is 0 Å². The van der Waals surface area contributed by atoms with E-state index in [0.29, 0.717) is 12.8 Å². The lowest BCUT2D eigenvalue weighted by Crippen LogP contribution is -2.34. The lowest BCUT2D eigenvalue weighted by molar-refractivity contribution is -0.387. The molecular weight excluding hydrogens is 526 g/mol. The summed E-state index contributed by atoms with van der Waals surface area (Å²) in [5.74, 6) is -1.28. The van der Waals surface area contributed by atoms with Crippen molar-refractivity contribution in [2.24, 2.45) is 5.73 Å². The third-order valence-corrected chi connectivity index (χ3v) is 7.65.